The van der Waals surface area contributed by atoms with Crippen molar-refractivity contribution in [1.82, 2.24) is 4.90 Å². The van der Waals surface area contributed by atoms with Crippen LogP contribution in [0.3, 0.4) is 0 Å². The minimum Gasteiger partial charge on any atom is -0.341 e. The Morgan fingerprint density at radius 3 is 2.16 bits per heavy atom. The van der Waals surface area contributed by atoms with E-state index in [9.17, 15) is 0 Å². The van der Waals surface area contributed by atoms with Crippen molar-refractivity contribution in [2.75, 3.05) is 6.54 Å². The van der Waals surface area contributed by atoms with Gasteiger partial charge < -0.3 is 4.90 Å². The molecule has 0 unspecified atom stereocenters. The highest BCUT2D eigenvalue weighted by atomic mass is 31.1. The average molecular weight is 358 g/mol. The summed E-state index contributed by atoms with van der Waals surface area (Å²) in [5, 5.41) is 0. The van der Waals surface area contributed by atoms with Crippen molar-refractivity contribution in [3.8, 4) is 0 Å². The van der Waals surface area contributed by atoms with Crippen LogP contribution in [-0.4, -0.2) is 22.8 Å². The van der Waals surface area contributed by atoms with Crippen LogP contribution in [0.25, 0.3) is 0 Å². The first-order chi connectivity index (χ1) is 12.3. The SMILES string of the molecule is C=C/C=C(\C=C/C)N1CCC=C1P(C1CCCCC1)C1CCCCC1. The van der Waals surface area contributed by atoms with Crippen LogP contribution in [0.2, 0.25) is 0 Å². The van der Waals surface area contributed by atoms with E-state index in [1.807, 2.05) is 6.08 Å². The van der Waals surface area contributed by atoms with Crippen molar-refractivity contribution in [2.24, 2.45) is 0 Å². The molecule has 0 bridgehead atoms. The first kappa shape index (κ1) is 19.0. The van der Waals surface area contributed by atoms with E-state index >= 15 is 0 Å². The lowest BCUT2D eigenvalue weighted by molar-refractivity contribution is 0.470. The van der Waals surface area contributed by atoms with E-state index in [0.29, 0.717) is 0 Å². The molecule has 0 aromatic carbocycles. The molecule has 0 aromatic rings. The fourth-order valence-corrected chi connectivity index (χ4v) is 8.99. The molecule has 0 amide bonds. The Morgan fingerprint density at radius 2 is 1.64 bits per heavy atom. The van der Waals surface area contributed by atoms with E-state index in [2.05, 4.69) is 42.7 Å². The van der Waals surface area contributed by atoms with Gasteiger partial charge in [0.05, 0.1) is 0 Å². The highest BCUT2D eigenvalue weighted by molar-refractivity contribution is 7.63. The molecule has 0 atom stereocenters. The zero-order valence-electron chi connectivity index (χ0n) is 16.1. The molecule has 1 heterocycles. The molecule has 1 nitrogen and oxygen atoms in total. The predicted octanol–water partition coefficient (Wildman–Crippen LogP) is 7.33. The molecule has 0 N–H and O–H groups in total. The van der Waals surface area contributed by atoms with Crippen molar-refractivity contribution in [3.05, 3.63) is 48.1 Å². The maximum atomic E-state index is 3.95. The second-order valence-corrected chi connectivity index (χ2v) is 10.6. The largest absolute Gasteiger partial charge is 0.341 e. The minimum atomic E-state index is -0.0133. The van der Waals surface area contributed by atoms with Crippen LogP contribution in [0.5, 0.6) is 0 Å². The third-order valence-corrected chi connectivity index (χ3v) is 9.65. The van der Waals surface area contributed by atoms with Gasteiger partial charge in [-0.25, -0.2) is 0 Å². The fourth-order valence-electron chi connectivity index (χ4n) is 4.97. The van der Waals surface area contributed by atoms with Gasteiger partial charge in [-0.1, -0.05) is 71.3 Å². The Hall–Kier alpha value is -0.810. The molecule has 2 saturated carbocycles. The van der Waals surface area contributed by atoms with E-state index in [0.717, 1.165) is 17.9 Å². The lowest BCUT2D eigenvalue weighted by atomic mass is 9.99. The van der Waals surface area contributed by atoms with Gasteiger partial charge in [0.25, 0.3) is 0 Å². The number of hydrogen-bond donors (Lipinski definition) is 0. The number of allylic oxidation sites excluding steroid dienone is 4. The molecule has 2 heteroatoms. The Balaban J connectivity index is 1.87. The van der Waals surface area contributed by atoms with Gasteiger partial charge in [0.2, 0.25) is 0 Å². The van der Waals surface area contributed by atoms with E-state index < -0.39 is 0 Å². The smallest absolute Gasteiger partial charge is 0.0407 e. The zero-order valence-corrected chi connectivity index (χ0v) is 17.0. The number of nitrogens with zero attached hydrogens (tertiary/aromatic N) is 1. The Kier molecular flexibility index (Phi) is 7.41. The van der Waals surface area contributed by atoms with Gasteiger partial charge in [0.15, 0.2) is 0 Å². The standard InChI is InChI=1S/C23H36NP/c1-3-12-20(13-4-2)24-19-11-18-23(24)25(21-14-7-5-8-15-21)22-16-9-6-10-17-22/h3-4,12-13,18,21-22H,1,5-11,14-17,19H2,2H3/b13-4-,20-12+. The molecule has 0 saturated heterocycles. The lowest BCUT2D eigenvalue weighted by Crippen LogP contribution is -2.26. The Bertz CT molecular complexity index is 500. The van der Waals surface area contributed by atoms with E-state index in [1.165, 1.54) is 76.3 Å². The Labute approximate surface area is 156 Å². The topological polar surface area (TPSA) is 3.24 Å². The molecule has 2 fully saturated rings. The molecular formula is C23H36NP. The zero-order chi connectivity index (χ0) is 17.5. The van der Waals surface area contributed by atoms with Gasteiger partial charge in [-0.05, 0) is 62.5 Å². The second kappa shape index (κ2) is 9.77. The monoisotopic (exact) mass is 357 g/mol. The Morgan fingerprint density at radius 1 is 1.04 bits per heavy atom. The molecule has 1 aliphatic heterocycles. The average Bonchev–Trinajstić information content (AvgIpc) is 3.13. The third kappa shape index (κ3) is 4.68. The summed E-state index contributed by atoms with van der Waals surface area (Å²) in [6.07, 6.45) is 27.2. The third-order valence-electron chi connectivity index (χ3n) is 6.09. The van der Waals surface area contributed by atoms with Crippen molar-refractivity contribution >= 4 is 7.92 Å². The van der Waals surface area contributed by atoms with Crippen LogP contribution in [0.1, 0.15) is 77.6 Å². The van der Waals surface area contributed by atoms with Crippen molar-refractivity contribution in [1.29, 1.82) is 0 Å². The first-order valence-electron chi connectivity index (χ1n) is 10.6. The summed E-state index contributed by atoms with van der Waals surface area (Å²) in [5.41, 5.74) is 5.03. The quantitative estimate of drug-likeness (QED) is 0.355. The predicted molar refractivity (Wildman–Crippen MR) is 113 cm³/mol. The van der Waals surface area contributed by atoms with Gasteiger partial charge in [-0.3, -0.25) is 0 Å². The normalized spacial score (nSPS) is 24.3. The molecule has 3 rings (SSSR count). The summed E-state index contributed by atoms with van der Waals surface area (Å²) in [4.78, 5) is 2.65. The minimum absolute atomic E-state index is 0.0133. The summed E-state index contributed by atoms with van der Waals surface area (Å²) >= 11 is 0. The second-order valence-electron chi connectivity index (χ2n) is 7.82. The molecular weight excluding hydrogens is 321 g/mol. The molecule has 0 aromatic heterocycles. The maximum Gasteiger partial charge on any atom is 0.0407 e. The van der Waals surface area contributed by atoms with Crippen LogP contribution in [0.4, 0.5) is 0 Å². The lowest BCUT2D eigenvalue weighted by Gasteiger charge is -2.42. The van der Waals surface area contributed by atoms with Crippen molar-refractivity contribution < 1.29 is 0 Å². The van der Waals surface area contributed by atoms with E-state index in [1.54, 1.807) is 5.44 Å². The highest BCUT2D eigenvalue weighted by Crippen LogP contribution is 2.63. The summed E-state index contributed by atoms with van der Waals surface area (Å²) in [7, 11) is -0.0133. The summed E-state index contributed by atoms with van der Waals surface area (Å²) in [6, 6.07) is 0. The molecule has 3 aliphatic rings. The van der Waals surface area contributed by atoms with Crippen LogP contribution in [-0.2, 0) is 0 Å². The van der Waals surface area contributed by atoms with Crippen LogP contribution in [0.15, 0.2) is 48.1 Å². The molecule has 138 valence electrons. The van der Waals surface area contributed by atoms with E-state index in [-0.39, 0.29) is 7.92 Å². The molecule has 0 radical (unpaired) electrons. The van der Waals surface area contributed by atoms with Gasteiger partial charge in [0.1, 0.15) is 0 Å². The fraction of sp³-hybridized carbons (Fsp3) is 0.652. The summed E-state index contributed by atoms with van der Waals surface area (Å²) < 4.78 is 0. The van der Waals surface area contributed by atoms with Crippen LogP contribution in [0, 0.1) is 0 Å². The highest BCUT2D eigenvalue weighted by Gasteiger charge is 2.37. The van der Waals surface area contributed by atoms with Gasteiger partial charge in [-0.2, -0.15) is 0 Å². The van der Waals surface area contributed by atoms with Crippen molar-refractivity contribution in [3.63, 3.8) is 0 Å². The van der Waals surface area contributed by atoms with Gasteiger partial charge in [0, 0.05) is 17.7 Å². The van der Waals surface area contributed by atoms with E-state index in [4.69, 9.17) is 0 Å². The summed E-state index contributed by atoms with van der Waals surface area (Å²) in [6.45, 7) is 7.24. The number of hydrogen-bond acceptors (Lipinski definition) is 1. The molecule has 2 aliphatic carbocycles. The first-order valence-corrected chi connectivity index (χ1v) is 12.0. The van der Waals surface area contributed by atoms with Crippen molar-refractivity contribution in [2.45, 2.75) is 88.9 Å². The number of rotatable bonds is 6. The summed E-state index contributed by atoms with van der Waals surface area (Å²) in [5.74, 6) is 0. The maximum absolute atomic E-state index is 3.95. The van der Waals surface area contributed by atoms with Crippen LogP contribution >= 0.6 is 7.92 Å². The van der Waals surface area contributed by atoms with Crippen LogP contribution < -0.4 is 0 Å². The van der Waals surface area contributed by atoms with Gasteiger partial charge >= 0.3 is 0 Å². The molecule has 25 heavy (non-hydrogen) atoms. The molecule has 0 spiro atoms. The van der Waals surface area contributed by atoms with Gasteiger partial charge in [-0.15, -0.1) is 0 Å².